The predicted molar refractivity (Wildman–Crippen MR) is 73.3 cm³/mol. The fourth-order valence-corrected chi connectivity index (χ4v) is 1.93. The van der Waals surface area contributed by atoms with Crippen LogP contribution in [0.2, 0.25) is 0 Å². The molecule has 1 heterocycles. The molecule has 7 heteroatoms. The van der Waals surface area contributed by atoms with E-state index in [9.17, 15) is 10.1 Å². The van der Waals surface area contributed by atoms with Crippen LogP contribution in [0.5, 0.6) is 5.75 Å². The average molecular weight is 282 g/mol. The number of benzene rings is 1. The second kappa shape index (κ2) is 7.06. The van der Waals surface area contributed by atoms with Crippen LogP contribution in [0.25, 0.3) is 0 Å². The van der Waals surface area contributed by atoms with Crippen LogP contribution in [0.1, 0.15) is 6.92 Å². The quantitative estimate of drug-likeness (QED) is 0.633. The van der Waals surface area contributed by atoms with Crippen LogP contribution in [0.3, 0.4) is 0 Å². The molecule has 1 fully saturated rings. The molecule has 0 spiro atoms. The van der Waals surface area contributed by atoms with Gasteiger partial charge in [-0.25, -0.2) is 0 Å². The van der Waals surface area contributed by atoms with Crippen LogP contribution < -0.4 is 10.1 Å². The molecule has 0 aliphatic carbocycles. The number of nitrogens with one attached hydrogen (secondary N) is 1. The molecule has 1 N–H and O–H groups in total. The third-order valence-corrected chi connectivity index (χ3v) is 2.83. The highest BCUT2D eigenvalue weighted by molar-refractivity contribution is 5.56. The van der Waals surface area contributed by atoms with Crippen LogP contribution in [0.4, 0.5) is 11.4 Å². The molecule has 1 aromatic rings. The fourth-order valence-electron chi connectivity index (χ4n) is 1.93. The highest BCUT2D eigenvalue weighted by Gasteiger charge is 2.15. The molecule has 1 unspecified atom stereocenters. The molecule has 1 atom stereocenters. The summed E-state index contributed by atoms with van der Waals surface area (Å²) in [6.45, 7) is 4.54. The van der Waals surface area contributed by atoms with Crippen molar-refractivity contribution in [2.24, 2.45) is 0 Å². The molecule has 0 saturated carbocycles. The van der Waals surface area contributed by atoms with Crippen LogP contribution in [0.15, 0.2) is 18.2 Å². The van der Waals surface area contributed by atoms with Crippen molar-refractivity contribution in [1.29, 1.82) is 0 Å². The summed E-state index contributed by atoms with van der Waals surface area (Å²) in [7, 11) is 0. The second-order valence-corrected chi connectivity index (χ2v) is 4.35. The van der Waals surface area contributed by atoms with Gasteiger partial charge in [-0.2, -0.15) is 0 Å². The lowest BCUT2D eigenvalue weighted by molar-refractivity contribution is -0.384. The Labute approximate surface area is 117 Å². The van der Waals surface area contributed by atoms with Crippen molar-refractivity contribution >= 4 is 11.4 Å². The minimum atomic E-state index is -0.437. The molecule has 0 aromatic heterocycles. The maximum atomic E-state index is 10.9. The lowest BCUT2D eigenvalue weighted by atomic mass is 10.2. The number of nitrogens with zero attached hydrogens (tertiary/aromatic N) is 1. The average Bonchev–Trinajstić information content (AvgIpc) is 2.46. The van der Waals surface area contributed by atoms with E-state index in [0.717, 1.165) is 0 Å². The summed E-state index contributed by atoms with van der Waals surface area (Å²) in [5.41, 5.74) is 0.635. The van der Waals surface area contributed by atoms with Gasteiger partial charge in [0.05, 0.1) is 43.5 Å². The van der Waals surface area contributed by atoms with Crippen LogP contribution in [-0.4, -0.2) is 44.0 Å². The Morgan fingerprint density at radius 2 is 2.30 bits per heavy atom. The van der Waals surface area contributed by atoms with E-state index in [-0.39, 0.29) is 11.8 Å². The molecule has 1 saturated heterocycles. The van der Waals surface area contributed by atoms with Gasteiger partial charge in [-0.3, -0.25) is 10.1 Å². The summed E-state index contributed by atoms with van der Waals surface area (Å²) in [4.78, 5) is 10.5. The third kappa shape index (κ3) is 4.07. The number of rotatable bonds is 6. The van der Waals surface area contributed by atoms with E-state index in [1.54, 1.807) is 6.07 Å². The van der Waals surface area contributed by atoms with Gasteiger partial charge in [0.2, 0.25) is 0 Å². The van der Waals surface area contributed by atoms with Crippen LogP contribution in [0, 0.1) is 10.1 Å². The molecule has 1 aromatic carbocycles. The van der Waals surface area contributed by atoms with Crippen molar-refractivity contribution in [1.82, 2.24) is 0 Å². The van der Waals surface area contributed by atoms with Crippen LogP contribution in [-0.2, 0) is 9.47 Å². The zero-order valence-corrected chi connectivity index (χ0v) is 11.3. The van der Waals surface area contributed by atoms with E-state index in [0.29, 0.717) is 44.4 Å². The van der Waals surface area contributed by atoms with Crippen LogP contribution >= 0.6 is 0 Å². The maximum absolute atomic E-state index is 10.9. The van der Waals surface area contributed by atoms with Gasteiger partial charge in [0.15, 0.2) is 0 Å². The number of nitro groups is 1. The van der Waals surface area contributed by atoms with E-state index >= 15 is 0 Å². The first-order chi connectivity index (χ1) is 9.69. The van der Waals surface area contributed by atoms with Crippen molar-refractivity contribution in [3.63, 3.8) is 0 Å². The predicted octanol–water partition coefficient (Wildman–Crippen LogP) is 1.82. The monoisotopic (exact) mass is 282 g/mol. The molecule has 0 radical (unpaired) electrons. The lowest BCUT2D eigenvalue weighted by Gasteiger charge is -2.23. The van der Waals surface area contributed by atoms with Gasteiger partial charge in [-0.05, 0) is 6.92 Å². The molecule has 2 rings (SSSR count). The van der Waals surface area contributed by atoms with Crippen molar-refractivity contribution in [2.45, 2.75) is 13.0 Å². The van der Waals surface area contributed by atoms with Crippen molar-refractivity contribution < 1.29 is 19.1 Å². The molecule has 20 heavy (non-hydrogen) atoms. The maximum Gasteiger partial charge on any atom is 0.275 e. The zero-order valence-electron chi connectivity index (χ0n) is 11.3. The van der Waals surface area contributed by atoms with Gasteiger partial charge in [-0.15, -0.1) is 0 Å². The summed E-state index contributed by atoms with van der Waals surface area (Å²) in [5.74, 6) is 0.477. The van der Waals surface area contributed by atoms with Gasteiger partial charge >= 0.3 is 0 Å². The van der Waals surface area contributed by atoms with Crippen molar-refractivity contribution in [3.05, 3.63) is 28.3 Å². The Morgan fingerprint density at radius 3 is 2.95 bits per heavy atom. The lowest BCUT2D eigenvalue weighted by Crippen LogP contribution is -2.34. The Hall–Kier alpha value is -1.86. The minimum absolute atomic E-state index is 0.000683. The van der Waals surface area contributed by atoms with Gasteiger partial charge in [0.25, 0.3) is 5.69 Å². The molecular formula is C13H18N2O5. The third-order valence-electron chi connectivity index (χ3n) is 2.83. The normalized spacial score (nSPS) is 18.6. The van der Waals surface area contributed by atoms with Gasteiger partial charge in [0.1, 0.15) is 5.75 Å². The van der Waals surface area contributed by atoms with E-state index in [1.807, 2.05) is 6.92 Å². The number of hydrogen-bond donors (Lipinski definition) is 1. The van der Waals surface area contributed by atoms with Gasteiger partial charge in [0, 0.05) is 24.4 Å². The van der Waals surface area contributed by atoms with Gasteiger partial charge < -0.3 is 19.5 Å². The number of nitro benzene ring substituents is 1. The number of non-ortho nitro benzene ring substituents is 1. The smallest absolute Gasteiger partial charge is 0.275 e. The topological polar surface area (TPSA) is 82.9 Å². The SMILES string of the molecule is CCOc1cc(NCC2COCCO2)cc([N+](=O)[O-])c1. The Balaban J connectivity index is 2.03. The highest BCUT2D eigenvalue weighted by Crippen LogP contribution is 2.26. The highest BCUT2D eigenvalue weighted by atomic mass is 16.6. The Morgan fingerprint density at radius 1 is 1.45 bits per heavy atom. The first-order valence-electron chi connectivity index (χ1n) is 6.54. The molecular weight excluding hydrogens is 264 g/mol. The van der Waals surface area contributed by atoms with Crippen molar-refractivity contribution in [3.8, 4) is 5.75 Å². The zero-order chi connectivity index (χ0) is 14.4. The molecule has 1 aliphatic heterocycles. The van der Waals surface area contributed by atoms with Gasteiger partial charge in [-0.1, -0.05) is 0 Å². The number of ether oxygens (including phenoxy) is 3. The molecule has 0 bridgehead atoms. The summed E-state index contributed by atoms with van der Waals surface area (Å²) >= 11 is 0. The first-order valence-corrected chi connectivity index (χ1v) is 6.54. The Kier molecular flexibility index (Phi) is 5.14. The number of hydrogen-bond acceptors (Lipinski definition) is 6. The Bertz CT molecular complexity index is 460. The summed E-state index contributed by atoms with van der Waals surface area (Å²) in [6.07, 6.45) is -0.0430. The number of anilines is 1. The van der Waals surface area contributed by atoms with E-state index in [1.165, 1.54) is 12.1 Å². The molecule has 0 amide bonds. The molecule has 7 nitrogen and oxygen atoms in total. The summed E-state index contributed by atoms with van der Waals surface area (Å²) < 4.78 is 16.1. The summed E-state index contributed by atoms with van der Waals surface area (Å²) in [5, 5.41) is 14.0. The van der Waals surface area contributed by atoms with E-state index < -0.39 is 4.92 Å². The standard InChI is InChI=1S/C13H18N2O5/c1-2-19-12-6-10(5-11(7-12)15(16)17)14-8-13-9-18-3-4-20-13/h5-7,13-14H,2-4,8-9H2,1H3. The second-order valence-electron chi connectivity index (χ2n) is 4.35. The molecule has 1 aliphatic rings. The summed E-state index contributed by atoms with van der Waals surface area (Å²) in [6, 6.07) is 4.63. The minimum Gasteiger partial charge on any atom is -0.494 e. The van der Waals surface area contributed by atoms with E-state index in [2.05, 4.69) is 5.32 Å². The molecule has 110 valence electrons. The first kappa shape index (κ1) is 14.5. The van der Waals surface area contributed by atoms with Crippen molar-refractivity contribution in [2.75, 3.05) is 38.3 Å². The largest absolute Gasteiger partial charge is 0.494 e. The van der Waals surface area contributed by atoms with E-state index in [4.69, 9.17) is 14.2 Å². The fraction of sp³-hybridized carbons (Fsp3) is 0.538.